The van der Waals surface area contributed by atoms with Gasteiger partial charge in [0.25, 0.3) is 0 Å². The van der Waals surface area contributed by atoms with E-state index in [1.54, 1.807) is 0 Å². The van der Waals surface area contributed by atoms with Gasteiger partial charge in [0.1, 0.15) is 17.1 Å². The van der Waals surface area contributed by atoms with Gasteiger partial charge in [0.2, 0.25) is 4.90 Å². The molecule has 0 radical (unpaired) electrons. The number of methoxy groups -OCH3 is 1. The number of ether oxygens (including phenoxy) is 1. The van der Waals surface area contributed by atoms with Crippen LogP contribution >= 0.6 is 23.2 Å². The van der Waals surface area contributed by atoms with Crippen LogP contribution in [0.25, 0.3) is 11.4 Å². The van der Waals surface area contributed by atoms with Gasteiger partial charge in [0.15, 0.2) is 17.3 Å². The van der Waals surface area contributed by atoms with Gasteiger partial charge in [-0.1, -0.05) is 23.2 Å². The molecule has 1 heterocycles. The van der Waals surface area contributed by atoms with Crippen LogP contribution in [-0.2, 0) is 15.9 Å². The molecule has 1 aromatic heterocycles. The molecular formula is C13H10Cl2FN3O3S. The zero-order valence-electron chi connectivity index (χ0n) is 11.9. The van der Waals surface area contributed by atoms with Gasteiger partial charge in [0, 0.05) is 0 Å². The molecule has 1 atom stereocenters. The Morgan fingerprint density at radius 2 is 2.04 bits per heavy atom. The number of nitrogens with two attached hydrogens (primary N) is 1. The highest BCUT2D eigenvalue weighted by atomic mass is 35.5. The van der Waals surface area contributed by atoms with E-state index >= 15 is 0 Å². The highest BCUT2D eigenvalue weighted by Crippen LogP contribution is 2.32. The van der Waals surface area contributed by atoms with E-state index in [0.717, 1.165) is 7.11 Å². The highest BCUT2D eigenvalue weighted by Gasteiger charge is 2.25. The number of aromatic nitrogens is 2. The van der Waals surface area contributed by atoms with Gasteiger partial charge < -0.3 is 15.0 Å². The zero-order valence-corrected chi connectivity index (χ0v) is 14.2. The second kappa shape index (κ2) is 6.88. The lowest BCUT2D eigenvalue weighted by molar-refractivity contribution is 0.0594. The smallest absolute Gasteiger partial charge is 0.358 e. The Balaban J connectivity index is 2.71. The summed E-state index contributed by atoms with van der Waals surface area (Å²) >= 11 is 10.0. The number of rotatable bonds is 3. The standard InChI is InChI=1S/C13H10Cl2FN3O3S/c1-22-13(20)9-7(15)11(17)19-12(18-9)5-3-4-6(14)10(8(5)16)23(2)21/h3-4H,1-2H3,(H2,17,18,19). The fraction of sp³-hybridized carbons (Fsp3) is 0.154. The maximum Gasteiger partial charge on any atom is 0.358 e. The molecule has 0 amide bonds. The van der Waals surface area contributed by atoms with Crippen molar-refractivity contribution in [2.75, 3.05) is 19.1 Å². The van der Waals surface area contributed by atoms with Crippen molar-refractivity contribution < 1.29 is 18.5 Å². The van der Waals surface area contributed by atoms with Crippen LogP contribution in [0.1, 0.15) is 10.5 Å². The second-order valence-electron chi connectivity index (χ2n) is 4.28. The van der Waals surface area contributed by atoms with E-state index in [1.807, 2.05) is 0 Å². The third-order valence-corrected chi connectivity index (χ3v) is 4.61. The van der Waals surface area contributed by atoms with Crippen molar-refractivity contribution in [1.82, 2.24) is 9.97 Å². The molecule has 2 aromatic rings. The van der Waals surface area contributed by atoms with Crippen molar-refractivity contribution in [3.8, 4) is 11.4 Å². The average molecular weight is 378 g/mol. The van der Waals surface area contributed by atoms with Crippen LogP contribution in [0.2, 0.25) is 10.0 Å². The molecule has 0 spiro atoms. The highest BCUT2D eigenvalue weighted by molar-refractivity contribution is 7.90. The third kappa shape index (κ3) is 3.35. The minimum atomic E-state index is -1.67. The molecule has 0 fully saturated rings. The molecule has 23 heavy (non-hydrogen) atoms. The topological polar surface area (TPSA) is 101 Å². The summed E-state index contributed by atoms with van der Waals surface area (Å²) in [6.07, 6.45) is 1.28. The van der Waals surface area contributed by atoms with Gasteiger partial charge in [-0.3, -0.25) is 0 Å². The molecule has 2 N–H and O–H groups in total. The second-order valence-corrected chi connectivity index (χ2v) is 6.38. The van der Waals surface area contributed by atoms with Gasteiger partial charge in [-0.05, 0) is 23.3 Å². The number of carbonyl (C=O) groups excluding carboxylic acids is 1. The first kappa shape index (κ1) is 17.7. The Labute approximate surface area is 144 Å². The average Bonchev–Trinajstić information content (AvgIpc) is 2.49. The first-order valence-corrected chi connectivity index (χ1v) is 8.32. The molecule has 0 saturated carbocycles. The van der Waals surface area contributed by atoms with E-state index < -0.39 is 23.0 Å². The minimum absolute atomic E-state index is 0.00205. The number of esters is 1. The van der Waals surface area contributed by atoms with Crippen LogP contribution in [0.4, 0.5) is 10.2 Å². The number of carbonyl (C=O) groups is 1. The molecular weight excluding hydrogens is 368 g/mol. The molecule has 0 aliphatic heterocycles. The number of nitrogens with zero attached hydrogens (tertiary/aromatic N) is 2. The van der Waals surface area contributed by atoms with E-state index in [0.29, 0.717) is 0 Å². The van der Waals surface area contributed by atoms with Crippen molar-refractivity contribution in [2.45, 2.75) is 4.90 Å². The molecule has 6 nitrogen and oxygen atoms in total. The van der Waals surface area contributed by atoms with Crippen molar-refractivity contribution in [3.63, 3.8) is 0 Å². The Hall–Kier alpha value is -1.61. The quantitative estimate of drug-likeness (QED) is 0.651. The van der Waals surface area contributed by atoms with Gasteiger partial charge in [-0.25, -0.2) is 19.2 Å². The van der Waals surface area contributed by atoms with Crippen molar-refractivity contribution in [1.29, 1.82) is 0 Å². The van der Waals surface area contributed by atoms with Crippen LogP contribution < -0.4 is 5.73 Å². The number of halogens is 3. The predicted octanol–water partition coefficient (Wildman–Crippen LogP) is 2.70. The summed E-state index contributed by atoms with van der Waals surface area (Å²) in [5.74, 6) is -2.13. The Morgan fingerprint density at radius 3 is 2.61 bits per heavy atom. The first-order chi connectivity index (χ1) is 10.8. The van der Waals surface area contributed by atoms with Gasteiger partial charge >= 0.3 is 5.97 Å². The monoisotopic (exact) mass is 377 g/mol. The van der Waals surface area contributed by atoms with E-state index in [-0.39, 0.29) is 37.8 Å². The number of anilines is 1. The van der Waals surface area contributed by atoms with E-state index in [1.165, 1.54) is 18.4 Å². The molecule has 1 aromatic carbocycles. The minimum Gasteiger partial charge on any atom is -0.612 e. The van der Waals surface area contributed by atoms with Crippen LogP contribution in [0.15, 0.2) is 17.0 Å². The summed E-state index contributed by atoms with van der Waals surface area (Å²) in [5, 5.41) is -0.198. The first-order valence-electron chi connectivity index (χ1n) is 6.01. The molecule has 0 aliphatic rings. The third-order valence-electron chi connectivity index (χ3n) is 2.83. The number of hydrogen-bond acceptors (Lipinski definition) is 6. The molecule has 0 bridgehead atoms. The summed E-state index contributed by atoms with van der Waals surface area (Å²) in [4.78, 5) is 19.2. The Kier molecular flexibility index (Phi) is 5.30. The summed E-state index contributed by atoms with van der Waals surface area (Å²) in [5.41, 5.74) is 5.21. The van der Waals surface area contributed by atoms with Crippen molar-refractivity contribution in [3.05, 3.63) is 33.7 Å². The Morgan fingerprint density at radius 1 is 1.39 bits per heavy atom. The fourth-order valence-electron chi connectivity index (χ4n) is 1.79. The molecule has 122 valence electrons. The Bertz CT molecular complexity index is 790. The lowest BCUT2D eigenvalue weighted by Gasteiger charge is -2.11. The lowest BCUT2D eigenvalue weighted by Crippen LogP contribution is -2.11. The lowest BCUT2D eigenvalue weighted by atomic mass is 10.2. The van der Waals surface area contributed by atoms with E-state index in [9.17, 15) is 13.7 Å². The van der Waals surface area contributed by atoms with Crippen molar-refractivity contribution >= 4 is 46.2 Å². The predicted molar refractivity (Wildman–Crippen MR) is 85.5 cm³/mol. The maximum absolute atomic E-state index is 14.6. The van der Waals surface area contributed by atoms with Crippen LogP contribution in [0, 0.1) is 5.82 Å². The number of benzene rings is 1. The van der Waals surface area contributed by atoms with E-state index in [2.05, 4.69) is 14.7 Å². The summed E-state index contributed by atoms with van der Waals surface area (Å²) in [7, 11) is 1.14. The fourth-order valence-corrected chi connectivity index (χ4v) is 3.12. The SMILES string of the molecule is COC(=O)c1nc(-c2ccc(Cl)c([S+](C)[O-])c2F)nc(N)c1Cl. The normalized spacial score (nSPS) is 12.1. The van der Waals surface area contributed by atoms with Gasteiger partial charge in [-0.2, -0.15) is 0 Å². The van der Waals surface area contributed by atoms with Crippen molar-refractivity contribution in [2.24, 2.45) is 0 Å². The molecule has 0 saturated heterocycles. The van der Waals surface area contributed by atoms with Crippen LogP contribution in [0.3, 0.4) is 0 Å². The summed E-state index contributed by atoms with van der Waals surface area (Å²) < 4.78 is 30.7. The number of hydrogen-bond donors (Lipinski definition) is 1. The zero-order chi connectivity index (χ0) is 17.3. The number of nitrogen functional groups attached to an aromatic ring is 1. The van der Waals surface area contributed by atoms with Gasteiger partial charge in [-0.15, -0.1) is 0 Å². The van der Waals surface area contributed by atoms with E-state index in [4.69, 9.17) is 28.9 Å². The van der Waals surface area contributed by atoms with Gasteiger partial charge in [0.05, 0.1) is 17.7 Å². The molecule has 1 unspecified atom stereocenters. The van der Waals surface area contributed by atoms with Crippen LogP contribution in [-0.4, -0.2) is 33.9 Å². The molecule has 0 aliphatic carbocycles. The summed E-state index contributed by atoms with van der Waals surface area (Å²) in [6.45, 7) is 0. The van der Waals surface area contributed by atoms with Crippen LogP contribution in [0.5, 0.6) is 0 Å². The molecule has 2 rings (SSSR count). The molecule has 10 heteroatoms. The largest absolute Gasteiger partial charge is 0.612 e. The summed E-state index contributed by atoms with van der Waals surface area (Å²) in [6, 6.07) is 2.64. The maximum atomic E-state index is 14.6.